The van der Waals surface area contributed by atoms with Crippen molar-refractivity contribution in [2.24, 2.45) is 0 Å². The van der Waals surface area contributed by atoms with Crippen LogP contribution in [0.15, 0.2) is 18.2 Å². The molecule has 0 aliphatic carbocycles. The Morgan fingerprint density at radius 3 is 2.16 bits per heavy atom. The molecule has 0 radical (unpaired) electrons. The molecule has 5 heteroatoms. The average molecular weight is 305 g/mol. The van der Waals surface area contributed by atoms with E-state index >= 15 is 0 Å². The minimum absolute atomic E-state index is 0.0620. The lowest BCUT2D eigenvalue weighted by Gasteiger charge is -2.08. The summed E-state index contributed by atoms with van der Waals surface area (Å²) in [5.41, 5.74) is 2.39. The minimum Gasteiger partial charge on any atom is -0.494 e. The summed E-state index contributed by atoms with van der Waals surface area (Å²) in [5.74, 6) is 0.966. The van der Waals surface area contributed by atoms with E-state index in [-0.39, 0.29) is 5.75 Å². The van der Waals surface area contributed by atoms with Gasteiger partial charge in [0.25, 0.3) is 0 Å². The number of halogens is 1. The summed E-state index contributed by atoms with van der Waals surface area (Å²) in [7, 11) is 1.80. The SMILES string of the molecule is Cc1cc(C)cc(OCCCCCCS(=O)(=O)Cl)c1. The van der Waals surface area contributed by atoms with Crippen LogP contribution in [0.4, 0.5) is 0 Å². The zero-order chi connectivity index (χ0) is 14.3. The van der Waals surface area contributed by atoms with E-state index in [9.17, 15) is 8.42 Å². The summed E-state index contributed by atoms with van der Waals surface area (Å²) in [6.07, 6.45) is 3.37. The van der Waals surface area contributed by atoms with Crippen LogP contribution in [0, 0.1) is 13.8 Å². The van der Waals surface area contributed by atoms with Crippen LogP contribution in [0.2, 0.25) is 0 Å². The smallest absolute Gasteiger partial charge is 0.232 e. The van der Waals surface area contributed by atoms with Crippen molar-refractivity contribution in [1.82, 2.24) is 0 Å². The molecule has 1 rings (SSSR count). The first-order valence-corrected chi connectivity index (χ1v) is 8.98. The fraction of sp³-hybridized carbons (Fsp3) is 0.571. The Balaban J connectivity index is 2.14. The third-order valence-electron chi connectivity index (χ3n) is 2.75. The van der Waals surface area contributed by atoms with Crippen molar-refractivity contribution in [2.45, 2.75) is 39.5 Å². The molecule has 0 fully saturated rings. The number of rotatable bonds is 8. The van der Waals surface area contributed by atoms with Gasteiger partial charge in [-0.2, -0.15) is 0 Å². The molecule has 0 N–H and O–H groups in total. The van der Waals surface area contributed by atoms with Gasteiger partial charge in [0.2, 0.25) is 9.05 Å². The molecule has 0 aliphatic heterocycles. The first-order valence-electron chi connectivity index (χ1n) is 6.50. The Hall–Kier alpha value is -0.740. The van der Waals surface area contributed by atoms with Crippen LogP contribution in [0.5, 0.6) is 5.75 Å². The second-order valence-corrected chi connectivity index (χ2v) is 7.73. The molecule has 0 aliphatic rings. The highest BCUT2D eigenvalue weighted by atomic mass is 35.7. The molecule has 3 nitrogen and oxygen atoms in total. The fourth-order valence-electron chi connectivity index (χ4n) is 1.94. The number of hydrogen-bond donors (Lipinski definition) is 0. The van der Waals surface area contributed by atoms with Gasteiger partial charge in [0.15, 0.2) is 0 Å². The Bertz CT molecular complexity index is 477. The van der Waals surface area contributed by atoms with Crippen LogP contribution < -0.4 is 4.74 Å². The molecule has 0 spiro atoms. The monoisotopic (exact) mass is 304 g/mol. The third-order valence-corrected chi connectivity index (χ3v) is 3.99. The average Bonchev–Trinajstić information content (AvgIpc) is 2.25. The highest BCUT2D eigenvalue weighted by molar-refractivity contribution is 8.13. The molecule has 0 saturated carbocycles. The van der Waals surface area contributed by atoms with E-state index in [0.29, 0.717) is 13.0 Å². The van der Waals surface area contributed by atoms with Gasteiger partial charge in [-0.1, -0.05) is 18.9 Å². The van der Waals surface area contributed by atoms with Gasteiger partial charge in [-0.05, 0) is 49.9 Å². The Morgan fingerprint density at radius 1 is 1.00 bits per heavy atom. The van der Waals surface area contributed by atoms with Crippen molar-refractivity contribution in [3.8, 4) is 5.75 Å². The predicted molar refractivity (Wildman–Crippen MR) is 79.5 cm³/mol. The van der Waals surface area contributed by atoms with Gasteiger partial charge in [0, 0.05) is 10.7 Å². The van der Waals surface area contributed by atoms with E-state index in [1.165, 1.54) is 11.1 Å². The largest absolute Gasteiger partial charge is 0.494 e. The summed E-state index contributed by atoms with van der Waals surface area (Å²) in [5, 5.41) is 0. The van der Waals surface area contributed by atoms with Crippen molar-refractivity contribution >= 4 is 19.7 Å². The lowest BCUT2D eigenvalue weighted by atomic mass is 10.1. The van der Waals surface area contributed by atoms with Gasteiger partial charge in [-0.25, -0.2) is 8.42 Å². The molecule has 108 valence electrons. The van der Waals surface area contributed by atoms with E-state index in [1.54, 1.807) is 0 Å². The molecular formula is C14H21ClO3S. The zero-order valence-electron chi connectivity index (χ0n) is 11.5. The lowest BCUT2D eigenvalue weighted by Crippen LogP contribution is -2.00. The molecular weight excluding hydrogens is 284 g/mol. The van der Waals surface area contributed by atoms with E-state index in [1.807, 2.05) is 26.0 Å². The second kappa shape index (κ2) is 7.75. The van der Waals surface area contributed by atoms with Crippen LogP contribution in [-0.2, 0) is 9.05 Å². The maximum Gasteiger partial charge on any atom is 0.232 e. The van der Waals surface area contributed by atoms with Gasteiger partial charge in [-0.15, -0.1) is 0 Å². The van der Waals surface area contributed by atoms with Crippen LogP contribution in [0.3, 0.4) is 0 Å². The highest BCUT2D eigenvalue weighted by Gasteiger charge is 2.03. The van der Waals surface area contributed by atoms with E-state index in [2.05, 4.69) is 6.07 Å². The van der Waals surface area contributed by atoms with Crippen molar-refractivity contribution in [1.29, 1.82) is 0 Å². The summed E-state index contributed by atoms with van der Waals surface area (Å²) in [6.45, 7) is 4.76. The summed E-state index contributed by atoms with van der Waals surface area (Å²) in [6, 6.07) is 6.15. The van der Waals surface area contributed by atoms with Crippen LogP contribution in [0.25, 0.3) is 0 Å². The van der Waals surface area contributed by atoms with E-state index < -0.39 is 9.05 Å². The highest BCUT2D eigenvalue weighted by Crippen LogP contribution is 2.16. The number of ether oxygens (including phenoxy) is 1. The molecule has 0 atom stereocenters. The Labute approximate surface area is 120 Å². The molecule has 0 amide bonds. The van der Waals surface area contributed by atoms with Gasteiger partial charge < -0.3 is 4.74 Å². The molecule has 0 unspecified atom stereocenters. The molecule has 0 saturated heterocycles. The third kappa shape index (κ3) is 8.11. The zero-order valence-corrected chi connectivity index (χ0v) is 13.1. The van der Waals surface area contributed by atoms with Crippen LogP contribution in [-0.4, -0.2) is 20.8 Å². The van der Waals surface area contributed by atoms with E-state index in [4.69, 9.17) is 15.4 Å². The molecule has 1 aromatic rings. The summed E-state index contributed by atoms with van der Waals surface area (Å²) >= 11 is 0. The minimum atomic E-state index is -3.33. The second-order valence-electron chi connectivity index (χ2n) is 4.83. The standard InChI is InChI=1S/C14H21ClO3S/c1-12-9-13(2)11-14(10-12)18-7-5-3-4-6-8-19(15,16)17/h9-11H,3-8H2,1-2H3. The molecule has 0 bridgehead atoms. The van der Waals surface area contributed by atoms with Crippen LogP contribution >= 0.6 is 10.7 Å². The van der Waals surface area contributed by atoms with E-state index in [0.717, 1.165) is 25.0 Å². The van der Waals surface area contributed by atoms with Crippen molar-refractivity contribution in [3.05, 3.63) is 29.3 Å². The lowest BCUT2D eigenvalue weighted by molar-refractivity contribution is 0.305. The number of hydrogen-bond acceptors (Lipinski definition) is 3. The first-order chi connectivity index (χ1) is 8.87. The molecule has 0 heterocycles. The molecule has 1 aromatic carbocycles. The van der Waals surface area contributed by atoms with Crippen molar-refractivity contribution < 1.29 is 13.2 Å². The molecule has 0 aromatic heterocycles. The maximum atomic E-state index is 10.7. The molecule has 19 heavy (non-hydrogen) atoms. The normalized spacial score (nSPS) is 11.5. The van der Waals surface area contributed by atoms with Crippen LogP contribution in [0.1, 0.15) is 36.8 Å². The van der Waals surface area contributed by atoms with Gasteiger partial charge >= 0.3 is 0 Å². The van der Waals surface area contributed by atoms with Crippen molar-refractivity contribution in [2.75, 3.05) is 12.4 Å². The Morgan fingerprint density at radius 2 is 1.58 bits per heavy atom. The fourth-order valence-corrected chi connectivity index (χ4v) is 2.81. The van der Waals surface area contributed by atoms with Crippen molar-refractivity contribution in [3.63, 3.8) is 0 Å². The maximum absolute atomic E-state index is 10.7. The summed E-state index contributed by atoms with van der Waals surface area (Å²) < 4.78 is 27.1. The number of benzene rings is 1. The number of unbranched alkanes of at least 4 members (excludes halogenated alkanes) is 3. The quantitative estimate of drug-likeness (QED) is 0.542. The Kier molecular flexibility index (Phi) is 6.66. The van der Waals surface area contributed by atoms with Gasteiger partial charge in [0.1, 0.15) is 5.75 Å². The summed E-state index contributed by atoms with van der Waals surface area (Å²) in [4.78, 5) is 0. The number of aryl methyl sites for hydroxylation is 2. The topological polar surface area (TPSA) is 43.4 Å². The first kappa shape index (κ1) is 16.3. The van der Waals surface area contributed by atoms with Gasteiger partial charge in [-0.3, -0.25) is 0 Å². The van der Waals surface area contributed by atoms with Gasteiger partial charge in [0.05, 0.1) is 12.4 Å². The predicted octanol–water partition coefficient (Wildman–Crippen LogP) is 3.81.